The third-order valence-corrected chi connectivity index (χ3v) is 7.26. The number of hydrogen-bond donors (Lipinski definition) is 2. The van der Waals surface area contributed by atoms with Crippen molar-refractivity contribution in [1.29, 1.82) is 0 Å². The van der Waals surface area contributed by atoms with Gasteiger partial charge in [-0.25, -0.2) is 0 Å². The Morgan fingerprint density at radius 2 is 1.82 bits per heavy atom. The van der Waals surface area contributed by atoms with Gasteiger partial charge >= 0.3 is 0 Å². The molecule has 0 saturated carbocycles. The summed E-state index contributed by atoms with van der Waals surface area (Å²) in [6, 6.07) is 8.67. The fraction of sp³-hybridized carbons (Fsp3) is 0.704. The molecule has 7 heteroatoms. The molecular weight excluding hydrogens is 432 g/mol. The van der Waals surface area contributed by atoms with Crippen LogP contribution >= 0.6 is 0 Å². The second-order valence-corrected chi connectivity index (χ2v) is 9.75. The minimum absolute atomic E-state index is 0.0557. The largest absolute Gasteiger partial charge is 0.386 e. The van der Waals surface area contributed by atoms with Gasteiger partial charge in [-0.15, -0.1) is 0 Å². The highest BCUT2D eigenvalue weighted by molar-refractivity contribution is 5.80. The third kappa shape index (κ3) is 7.52. The first-order chi connectivity index (χ1) is 16.2. The van der Waals surface area contributed by atoms with E-state index in [0.717, 1.165) is 31.2 Å². The second kappa shape index (κ2) is 13.8. The summed E-state index contributed by atoms with van der Waals surface area (Å²) in [5, 5.41) is 13.6. The van der Waals surface area contributed by atoms with Gasteiger partial charge in [0.25, 0.3) is 0 Å². The molecule has 1 aromatic rings. The van der Waals surface area contributed by atoms with E-state index >= 15 is 0 Å². The van der Waals surface area contributed by atoms with Gasteiger partial charge in [0, 0.05) is 20.8 Å². The molecule has 2 amide bonds. The Hall–Kier alpha value is -1.96. The van der Waals surface area contributed by atoms with E-state index in [9.17, 15) is 14.7 Å². The molecule has 2 N–H and O–H groups in total. The summed E-state index contributed by atoms with van der Waals surface area (Å²) >= 11 is 0. The number of rotatable bonds is 13. The van der Waals surface area contributed by atoms with Gasteiger partial charge in [-0.3, -0.25) is 9.59 Å². The first-order valence-electron chi connectivity index (χ1n) is 12.6. The van der Waals surface area contributed by atoms with Crippen molar-refractivity contribution in [1.82, 2.24) is 10.2 Å². The van der Waals surface area contributed by atoms with Gasteiger partial charge in [0.05, 0.1) is 42.7 Å². The number of amides is 2. The van der Waals surface area contributed by atoms with Crippen LogP contribution in [0.4, 0.5) is 0 Å². The monoisotopic (exact) mass is 476 g/mol. The summed E-state index contributed by atoms with van der Waals surface area (Å²) in [6.45, 7) is 8.60. The minimum atomic E-state index is -0.806. The van der Waals surface area contributed by atoms with Gasteiger partial charge in [0.15, 0.2) is 0 Å². The lowest BCUT2D eigenvalue weighted by Gasteiger charge is -2.35. The van der Waals surface area contributed by atoms with Gasteiger partial charge in [-0.05, 0) is 37.7 Å². The third-order valence-electron chi connectivity index (χ3n) is 7.26. The van der Waals surface area contributed by atoms with Crippen molar-refractivity contribution in [3.8, 4) is 0 Å². The zero-order valence-corrected chi connectivity index (χ0v) is 21.7. The average Bonchev–Trinajstić information content (AvgIpc) is 3.33. The second-order valence-electron chi connectivity index (χ2n) is 9.75. The van der Waals surface area contributed by atoms with Crippen molar-refractivity contribution in [3.05, 3.63) is 35.9 Å². The number of likely N-dealkylation sites (tertiary alicyclic amines) is 1. The molecule has 0 spiro atoms. The highest BCUT2D eigenvalue weighted by Crippen LogP contribution is 2.28. The lowest BCUT2D eigenvalue weighted by molar-refractivity contribution is -0.142. The Morgan fingerprint density at radius 3 is 2.41 bits per heavy atom. The van der Waals surface area contributed by atoms with Crippen molar-refractivity contribution in [3.63, 3.8) is 0 Å². The number of carbonyl (C=O) groups is 2. The zero-order valence-electron chi connectivity index (χ0n) is 21.7. The van der Waals surface area contributed by atoms with Crippen LogP contribution in [0.15, 0.2) is 30.3 Å². The minimum Gasteiger partial charge on any atom is -0.386 e. The Morgan fingerprint density at radius 1 is 1.15 bits per heavy atom. The van der Waals surface area contributed by atoms with Crippen molar-refractivity contribution in [2.75, 3.05) is 20.8 Å². The summed E-state index contributed by atoms with van der Waals surface area (Å²) < 4.78 is 11.4. The SMILES string of the molecule is CC[C@H](C)C[C@@H](CC(=O)N1CCC[C@H]1[C@@H](OC)[C@@H](C)C(=O)N[C@@H](C)[C@H](O)c1ccccc1)OC. The van der Waals surface area contributed by atoms with E-state index in [4.69, 9.17) is 9.47 Å². The lowest BCUT2D eigenvalue weighted by Crippen LogP contribution is -2.51. The maximum atomic E-state index is 13.2. The van der Waals surface area contributed by atoms with E-state index in [0.29, 0.717) is 18.9 Å². The molecule has 1 aliphatic heterocycles. The van der Waals surface area contributed by atoms with Crippen LogP contribution in [0.2, 0.25) is 0 Å². The molecule has 1 saturated heterocycles. The number of nitrogens with one attached hydrogen (secondary N) is 1. The van der Waals surface area contributed by atoms with Crippen molar-refractivity contribution >= 4 is 11.8 Å². The van der Waals surface area contributed by atoms with E-state index < -0.39 is 24.2 Å². The Bertz CT molecular complexity index is 759. The van der Waals surface area contributed by atoms with Crippen LogP contribution in [0.25, 0.3) is 0 Å². The number of aliphatic hydroxyl groups excluding tert-OH is 1. The molecule has 0 aromatic heterocycles. The smallest absolute Gasteiger partial charge is 0.225 e. The summed E-state index contributed by atoms with van der Waals surface area (Å²) in [5.74, 6) is -0.122. The van der Waals surface area contributed by atoms with Gasteiger partial charge in [-0.1, -0.05) is 57.5 Å². The van der Waals surface area contributed by atoms with Crippen LogP contribution in [-0.2, 0) is 19.1 Å². The summed E-state index contributed by atoms with van der Waals surface area (Å²) in [6.07, 6.45) is 2.59. The fourth-order valence-electron chi connectivity index (χ4n) is 4.85. The average molecular weight is 477 g/mol. The molecule has 1 aliphatic rings. The molecule has 0 unspecified atom stereocenters. The van der Waals surface area contributed by atoms with Crippen LogP contribution in [0.5, 0.6) is 0 Å². The van der Waals surface area contributed by atoms with Gasteiger partial charge < -0.3 is 24.8 Å². The van der Waals surface area contributed by atoms with Crippen LogP contribution in [0.1, 0.15) is 71.5 Å². The van der Waals surface area contributed by atoms with Crippen LogP contribution < -0.4 is 5.32 Å². The van der Waals surface area contributed by atoms with Crippen molar-refractivity contribution in [2.45, 2.75) is 90.2 Å². The molecule has 0 radical (unpaired) electrons. The van der Waals surface area contributed by atoms with Gasteiger partial charge in [0.1, 0.15) is 0 Å². The number of benzene rings is 1. The predicted octanol–water partition coefficient (Wildman–Crippen LogP) is 3.71. The van der Waals surface area contributed by atoms with Gasteiger partial charge in [0.2, 0.25) is 11.8 Å². The Kier molecular flexibility index (Phi) is 11.5. The van der Waals surface area contributed by atoms with Gasteiger partial charge in [-0.2, -0.15) is 0 Å². The van der Waals surface area contributed by atoms with Crippen LogP contribution in [0, 0.1) is 11.8 Å². The predicted molar refractivity (Wildman–Crippen MR) is 133 cm³/mol. The van der Waals surface area contributed by atoms with Crippen molar-refractivity contribution < 1.29 is 24.2 Å². The van der Waals surface area contributed by atoms with E-state index in [1.807, 2.05) is 42.2 Å². The fourth-order valence-corrected chi connectivity index (χ4v) is 4.85. The highest BCUT2D eigenvalue weighted by Gasteiger charge is 2.40. The molecular formula is C27H44N2O5. The van der Waals surface area contributed by atoms with Crippen LogP contribution in [-0.4, -0.2) is 66.9 Å². The number of carbonyl (C=O) groups excluding carboxylic acids is 2. The summed E-state index contributed by atoms with van der Waals surface area (Å²) in [4.78, 5) is 28.1. The van der Waals surface area contributed by atoms with E-state index in [-0.39, 0.29) is 24.0 Å². The van der Waals surface area contributed by atoms with Crippen molar-refractivity contribution in [2.24, 2.45) is 11.8 Å². The molecule has 7 nitrogen and oxygen atoms in total. The molecule has 7 atom stereocenters. The standard InChI is InChI=1S/C27H44N2O5/c1-7-18(2)16-22(33-5)17-24(30)29-15-11-14-23(29)26(34-6)19(3)27(32)28-20(4)25(31)21-12-9-8-10-13-21/h8-10,12-13,18-20,22-23,25-26,31H,7,11,14-17H2,1-6H3,(H,28,32)/t18-,19+,20-,22-,23-,25-,26-/m0/s1. The topological polar surface area (TPSA) is 88.1 Å². The normalized spacial score (nSPS) is 21.4. The molecule has 1 heterocycles. The summed E-state index contributed by atoms with van der Waals surface area (Å²) in [7, 11) is 3.26. The van der Waals surface area contributed by atoms with E-state index in [1.165, 1.54) is 0 Å². The molecule has 0 bridgehead atoms. The van der Waals surface area contributed by atoms with E-state index in [1.54, 1.807) is 21.1 Å². The first kappa shape index (κ1) is 28.3. The Balaban J connectivity index is 2.02. The number of methoxy groups -OCH3 is 2. The number of ether oxygens (including phenoxy) is 2. The highest BCUT2D eigenvalue weighted by atomic mass is 16.5. The molecule has 1 fully saturated rings. The molecule has 192 valence electrons. The Labute approximate surface area is 205 Å². The molecule has 1 aromatic carbocycles. The molecule has 2 rings (SSSR count). The number of hydrogen-bond acceptors (Lipinski definition) is 5. The maximum absolute atomic E-state index is 13.2. The molecule has 0 aliphatic carbocycles. The zero-order chi connectivity index (χ0) is 25.3. The number of nitrogens with zero attached hydrogens (tertiary/aromatic N) is 1. The van der Waals surface area contributed by atoms with Crippen LogP contribution in [0.3, 0.4) is 0 Å². The van der Waals surface area contributed by atoms with E-state index in [2.05, 4.69) is 19.2 Å². The summed E-state index contributed by atoms with van der Waals surface area (Å²) in [5.41, 5.74) is 0.754. The maximum Gasteiger partial charge on any atom is 0.225 e. The number of aliphatic hydroxyl groups is 1. The first-order valence-corrected chi connectivity index (χ1v) is 12.6. The molecule has 34 heavy (non-hydrogen) atoms. The lowest BCUT2D eigenvalue weighted by atomic mass is 9.93. The quantitative estimate of drug-likeness (QED) is 0.453.